The molecule has 3 rings (SSSR count). The van der Waals surface area contributed by atoms with Gasteiger partial charge in [-0.25, -0.2) is 4.79 Å². The van der Waals surface area contributed by atoms with E-state index in [0.29, 0.717) is 5.82 Å². The van der Waals surface area contributed by atoms with E-state index in [2.05, 4.69) is 41.8 Å². The predicted molar refractivity (Wildman–Crippen MR) is 97.3 cm³/mol. The molecule has 2 aromatic rings. The van der Waals surface area contributed by atoms with Crippen LogP contribution in [0.2, 0.25) is 0 Å². The average molecular weight is 328 g/mol. The molecule has 1 aliphatic rings. The van der Waals surface area contributed by atoms with Crippen LogP contribution in [0.25, 0.3) is 0 Å². The molecule has 0 aliphatic carbocycles. The van der Waals surface area contributed by atoms with Gasteiger partial charge < -0.3 is 9.80 Å². The highest BCUT2D eigenvalue weighted by molar-refractivity contribution is 5.56. The second-order valence-corrected chi connectivity index (χ2v) is 6.51. The number of anilines is 2. The van der Waals surface area contributed by atoms with Gasteiger partial charge in [-0.15, -0.1) is 0 Å². The van der Waals surface area contributed by atoms with Crippen LogP contribution in [0.15, 0.2) is 33.9 Å². The lowest BCUT2D eigenvalue weighted by atomic mass is 10.1. The number of aryl methyl sites for hydroxylation is 2. The third-order valence-electron chi connectivity index (χ3n) is 4.81. The van der Waals surface area contributed by atoms with Gasteiger partial charge in [0.2, 0.25) is 0 Å². The summed E-state index contributed by atoms with van der Waals surface area (Å²) in [6, 6.07) is 8.06. The van der Waals surface area contributed by atoms with E-state index in [1.807, 2.05) is 0 Å². The van der Waals surface area contributed by atoms with Crippen molar-refractivity contribution < 1.29 is 0 Å². The molecule has 1 aromatic carbocycles. The molecule has 0 bridgehead atoms. The standard InChI is InChI=1S/C18H24N4O2/c1-13-5-6-14(2)15(11-13)21-7-9-22(10-8-21)16-12-17(23)20(4)18(24)19(16)3/h5-6,11-12H,7-10H2,1-4H3. The highest BCUT2D eigenvalue weighted by Gasteiger charge is 2.21. The van der Waals surface area contributed by atoms with Crippen molar-refractivity contribution in [3.63, 3.8) is 0 Å². The van der Waals surface area contributed by atoms with Crippen molar-refractivity contribution in [2.45, 2.75) is 13.8 Å². The fourth-order valence-corrected chi connectivity index (χ4v) is 3.26. The zero-order valence-electron chi connectivity index (χ0n) is 14.7. The Morgan fingerprint density at radius 2 is 1.46 bits per heavy atom. The van der Waals surface area contributed by atoms with E-state index >= 15 is 0 Å². The van der Waals surface area contributed by atoms with Crippen molar-refractivity contribution >= 4 is 11.5 Å². The summed E-state index contributed by atoms with van der Waals surface area (Å²) in [4.78, 5) is 28.5. The van der Waals surface area contributed by atoms with Crippen LogP contribution < -0.4 is 21.0 Å². The number of hydrogen-bond donors (Lipinski definition) is 0. The largest absolute Gasteiger partial charge is 0.368 e. The Hall–Kier alpha value is -2.50. The summed E-state index contributed by atoms with van der Waals surface area (Å²) in [6.07, 6.45) is 0. The van der Waals surface area contributed by atoms with E-state index in [1.54, 1.807) is 17.7 Å². The maximum Gasteiger partial charge on any atom is 0.332 e. The first-order valence-corrected chi connectivity index (χ1v) is 8.22. The molecule has 1 aromatic heterocycles. The molecule has 24 heavy (non-hydrogen) atoms. The summed E-state index contributed by atoms with van der Waals surface area (Å²) < 4.78 is 2.69. The Morgan fingerprint density at radius 3 is 2.12 bits per heavy atom. The lowest BCUT2D eigenvalue weighted by molar-refractivity contribution is 0.610. The van der Waals surface area contributed by atoms with Gasteiger partial charge >= 0.3 is 5.69 Å². The highest BCUT2D eigenvalue weighted by Crippen LogP contribution is 2.23. The third kappa shape index (κ3) is 2.84. The Kier molecular flexibility index (Phi) is 4.22. The minimum atomic E-state index is -0.283. The smallest absolute Gasteiger partial charge is 0.332 e. The summed E-state index contributed by atoms with van der Waals surface area (Å²) in [5, 5.41) is 0. The van der Waals surface area contributed by atoms with Crippen LogP contribution in [0.4, 0.5) is 11.5 Å². The van der Waals surface area contributed by atoms with Crippen molar-refractivity contribution in [2.75, 3.05) is 36.0 Å². The molecule has 0 amide bonds. The highest BCUT2D eigenvalue weighted by atomic mass is 16.2. The predicted octanol–water partition coefficient (Wildman–Crippen LogP) is 1.03. The second-order valence-electron chi connectivity index (χ2n) is 6.51. The Bertz CT molecular complexity index is 874. The van der Waals surface area contributed by atoms with Gasteiger partial charge in [-0.2, -0.15) is 0 Å². The fraction of sp³-hybridized carbons (Fsp3) is 0.444. The molecule has 2 heterocycles. The molecule has 6 nitrogen and oxygen atoms in total. The molecule has 6 heteroatoms. The van der Waals surface area contributed by atoms with Crippen molar-refractivity contribution in [2.24, 2.45) is 14.1 Å². The zero-order valence-corrected chi connectivity index (χ0v) is 14.7. The van der Waals surface area contributed by atoms with Gasteiger partial charge in [-0.05, 0) is 31.0 Å². The molecule has 0 atom stereocenters. The lowest BCUT2D eigenvalue weighted by Gasteiger charge is -2.38. The van der Waals surface area contributed by atoms with Crippen molar-refractivity contribution in [3.8, 4) is 0 Å². The SMILES string of the molecule is Cc1ccc(C)c(N2CCN(c3cc(=O)n(C)c(=O)n3C)CC2)c1. The van der Waals surface area contributed by atoms with Crippen LogP contribution in [0.3, 0.4) is 0 Å². The minimum absolute atomic E-state index is 0.259. The van der Waals surface area contributed by atoms with Gasteiger partial charge in [0, 0.05) is 52.0 Å². The number of nitrogens with zero attached hydrogens (tertiary/aromatic N) is 4. The van der Waals surface area contributed by atoms with Gasteiger partial charge in [0.1, 0.15) is 5.82 Å². The Morgan fingerprint density at radius 1 is 0.833 bits per heavy atom. The van der Waals surface area contributed by atoms with Crippen LogP contribution in [-0.2, 0) is 14.1 Å². The summed E-state index contributed by atoms with van der Waals surface area (Å²) in [5.41, 5.74) is 3.26. The first-order valence-electron chi connectivity index (χ1n) is 8.22. The maximum atomic E-state index is 12.1. The van der Waals surface area contributed by atoms with Gasteiger partial charge in [0.05, 0.1) is 0 Å². The monoisotopic (exact) mass is 328 g/mol. The van der Waals surface area contributed by atoms with Gasteiger partial charge in [-0.1, -0.05) is 12.1 Å². The van der Waals surface area contributed by atoms with Gasteiger partial charge in [0.15, 0.2) is 0 Å². The quantitative estimate of drug-likeness (QED) is 0.826. The molecule has 0 saturated carbocycles. The van der Waals surface area contributed by atoms with E-state index < -0.39 is 0 Å². The lowest BCUT2D eigenvalue weighted by Crippen LogP contribution is -2.49. The number of hydrogen-bond acceptors (Lipinski definition) is 4. The molecule has 0 spiro atoms. The first-order chi connectivity index (χ1) is 11.4. The second kappa shape index (κ2) is 6.19. The topological polar surface area (TPSA) is 50.5 Å². The van der Waals surface area contributed by atoms with Crippen LogP contribution in [0, 0.1) is 13.8 Å². The number of aromatic nitrogens is 2. The molecule has 0 unspecified atom stereocenters. The Balaban J connectivity index is 1.82. The summed E-state index contributed by atoms with van der Waals surface area (Å²) in [5.74, 6) is 0.698. The molecular weight excluding hydrogens is 304 g/mol. The number of benzene rings is 1. The molecule has 1 aliphatic heterocycles. The fourth-order valence-electron chi connectivity index (χ4n) is 3.26. The molecule has 1 saturated heterocycles. The van der Waals surface area contributed by atoms with E-state index in [-0.39, 0.29) is 11.2 Å². The summed E-state index contributed by atoms with van der Waals surface area (Å²) in [7, 11) is 3.22. The van der Waals surface area contributed by atoms with Crippen molar-refractivity contribution in [3.05, 3.63) is 56.2 Å². The minimum Gasteiger partial charge on any atom is -0.368 e. The van der Waals surface area contributed by atoms with Crippen LogP contribution in [-0.4, -0.2) is 35.3 Å². The molecule has 128 valence electrons. The van der Waals surface area contributed by atoms with E-state index in [0.717, 1.165) is 30.7 Å². The molecule has 1 fully saturated rings. The summed E-state index contributed by atoms with van der Waals surface area (Å²) >= 11 is 0. The van der Waals surface area contributed by atoms with Gasteiger partial charge in [-0.3, -0.25) is 13.9 Å². The van der Waals surface area contributed by atoms with Crippen LogP contribution >= 0.6 is 0 Å². The Labute approximate surface area is 141 Å². The van der Waals surface area contributed by atoms with E-state index in [4.69, 9.17) is 0 Å². The van der Waals surface area contributed by atoms with Crippen LogP contribution in [0.1, 0.15) is 11.1 Å². The third-order valence-corrected chi connectivity index (χ3v) is 4.81. The molecular formula is C18H24N4O2. The van der Waals surface area contributed by atoms with E-state index in [1.165, 1.54) is 23.9 Å². The molecule has 0 N–H and O–H groups in total. The number of piperazine rings is 1. The number of rotatable bonds is 2. The van der Waals surface area contributed by atoms with E-state index in [9.17, 15) is 9.59 Å². The normalized spacial score (nSPS) is 15.0. The molecule has 0 radical (unpaired) electrons. The first kappa shape index (κ1) is 16.4. The van der Waals surface area contributed by atoms with Crippen molar-refractivity contribution in [1.82, 2.24) is 9.13 Å². The zero-order chi connectivity index (χ0) is 17.4. The van der Waals surface area contributed by atoms with Crippen molar-refractivity contribution in [1.29, 1.82) is 0 Å². The average Bonchev–Trinajstić information content (AvgIpc) is 2.58. The van der Waals surface area contributed by atoms with Gasteiger partial charge in [0.25, 0.3) is 5.56 Å². The summed E-state index contributed by atoms with van der Waals surface area (Å²) in [6.45, 7) is 7.55. The van der Waals surface area contributed by atoms with Crippen LogP contribution in [0.5, 0.6) is 0 Å². The maximum absolute atomic E-state index is 12.1.